The number of nitrogens with zero attached hydrogens (tertiary/aromatic N) is 1. The zero-order valence-electron chi connectivity index (χ0n) is 11.6. The zero-order valence-corrected chi connectivity index (χ0v) is 13.2. The standard InChI is InChI=1S/C14H18BrFN2O2/c1-14(2)5-3-4-9(8-14)17-12-7-11(16)10(15)6-13(12)18(19)20/h6-7,9,17H,3-5,8H2,1-2H3. The molecule has 1 aromatic rings. The molecule has 1 aliphatic rings. The fraction of sp³-hybridized carbons (Fsp3) is 0.571. The average Bonchev–Trinajstić information content (AvgIpc) is 2.32. The van der Waals surface area contributed by atoms with Crippen molar-refractivity contribution >= 4 is 27.3 Å². The Bertz CT molecular complexity index is 534. The van der Waals surface area contributed by atoms with E-state index in [0.29, 0.717) is 0 Å². The monoisotopic (exact) mass is 344 g/mol. The molecule has 0 aliphatic heterocycles. The van der Waals surface area contributed by atoms with Gasteiger partial charge in [0.25, 0.3) is 5.69 Å². The SMILES string of the molecule is CC1(C)CCCC(Nc2cc(F)c(Br)cc2[N+](=O)[O-])C1. The number of hydrogen-bond acceptors (Lipinski definition) is 3. The number of nitrogens with one attached hydrogen (secondary N) is 1. The predicted molar refractivity (Wildman–Crippen MR) is 80.4 cm³/mol. The molecule has 0 spiro atoms. The summed E-state index contributed by atoms with van der Waals surface area (Å²) in [5, 5.41) is 14.2. The molecular formula is C14H18BrFN2O2. The number of hydrogen-bond donors (Lipinski definition) is 1. The van der Waals surface area contributed by atoms with Crippen LogP contribution in [0.25, 0.3) is 0 Å². The molecule has 1 aromatic carbocycles. The Balaban J connectivity index is 2.24. The van der Waals surface area contributed by atoms with E-state index in [2.05, 4.69) is 35.1 Å². The molecule has 20 heavy (non-hydrogen) atoms. The van der Waals surface area contributed by atoms with Crippen LogP contribution in [0.4, 0.5) is 15.8 Å². The molecule has 0 radical (unpaired) electrons. The van der Waals surface area contributed by atoms with Gasteiger partial charge in [-0.3, -0.25) is 10.1 Å². The highest BCUT2D eigenvalue weighted by Crippen LogP contribution is 2.38. The van der Waals surface area contributed by atoms with Crippen LogP contribution in [0.3, 0.4) is 0 Å². The maximum absolute atomic E-state index is 13.6. The molecule has 110 valence electrons. The van der Waals surface area contributed by atoms with Crippen molar-refractivity contribution in [2.45, 2.75) is 45.6 Å². The third-order valence-corrected chi connectivity index (χ3v) is 4.41. The highest BCUT2D eigenvalue weighted by Gasteiger charge is 2.29. The molecule has 1 fully saturated rings. The minimum absolute atomic E-state index is 0.0957. The smallest absolute Gasteiger partial charge is 0.293 e. The molecule has 1 atom stereocenters. The van der Waals surface area contributed by atoms with Gasteiger partial charge in [0.15, 0.2) is 0 Å². The quantitative estimate of drug-likeness (QED) is 0.628. The van der Waals surface area contributed by atoms with Gasteiger partial charge in [-0.2, -0.15) is 0 Å². The molecule has 0 bridgehead atoms. The van der Waals surface area contributed by atoms with E-state index in [0.717, 1.165) is 25.7 Å². The molecule has 4 nitrogen and oxygen atoms in total. The topological polar surface area (TPSA) is 55.2 Å². The van der Waals surface area contributed by atoms with Crippen molar-refractivity contribution in [1.82, 2.24) is 0 Å². The number of nitro benzene ring substituents is 1. The third-order valence-electron chi connectivity index (χ3n) is 3.80. The molecular weight excluding hydrogens is 327 g/mol. The van der Waals surface area contributed by atoms with Gasteiger partial charge in [-0.25, -0.2) is 4.39 Å². The minimum atomic E-state index is -0.492. The highest BCUT2D eigenvalue weighted by molar-refractivity contribution is 9.10. The van der Waals surface area contributed by atoms with Crippen LogP contribution >= 0.6 is 15.9 Å². The largest absolute Gasteiger partial charge is 0.377 e. The van der Waals surface area contributed by atoms with Crippen molar-refractivity contribution in [1.29, 1.82) is 0 Å². The Hall–Kier alpha value is -1.17. The summed E-state index contributed by atoms with van der Waals surface area (Å²) >= 11 is 2.98. The fourth-order valence-electron chi connectivity index (χ4n) is 2.84. The Morgan fingerprint density at radius 1 is 1.50 bits per heavy atom. The normalized spacial score (nSPS) is 21.5. The van der Waals surface area contributed by atoms with Crippen LogP contribution in [0.5, 0.6) is 0 Å². The van der Waals surface area contributed by atoms with Gasteiger partial charge in [0.2, 0.25) is 0 Å². The first kappa shape index (κ1) is 15.2. The van der Waals surface area contributed by atoms with E-state index < -0.39 is 10.7 Å². The van der Waals surface area contributed by atoms with Crippen molar-refractivity contribution in [2.75, 3.05) is 5.32 Å². The van der Waals surface area contributed by atoms with E-state index in [4.69, 9.17) is 0 Å². The van der Waals surface area contributed by atoms with Gasteiger partial charge in [0.1, 0.15) is 11.5 Å². The summed E-state index contributed by atoms with van der Waals surface area (Å²) in [5.74, 6) is -0.492. The Kier molecular flexibility index (Phi) is 4.32. The van der Waals surface area contributed by atoms with Gasteiger partial charge in [-0.15, -0.1) is 0 Å². The van der Waals surface area contributed by atoms with E-state index in [1.807, 2.05) is 0 Å². The number of nitro groups is 1. The third kappa shape index (κ3) is 3.48. The van der Waals surface area contributed by atoms with Crippen molar-refractivity contribution in [3.8, 4) is 0 Å². The molecule has 1 unspecified atom stereocenters. The summed E-state index contributed by atoms with van der Waals surface area (Å²) in [6, 6.07) is 2.56. The second-order valence-electron chi connectivity index (χ2n) is 6.14. The van der Waals surface area contributed by atoms with E-state index in [1.54, 1.807) is 0 Å². The summed E-state index contributed by atoms with van der Waals surface area (Å²) in [5.41, 5.74) is 0.388. The molecule has 0 heterocycles. The molecule has 1 saturated carbocycles. The van der Waals surface area contributed by atoms with Gasteiger partial charge in [-0.1, -0.05) is 20.3 Å². The summed E-state index contributed by atoms with van der Waals surface area (Å²) in [6.45, 7) is 4.38. The molecule has 2 rings (SSSR count). The van der Waals surface area contributed by atoms with Gasteiger partial charge >= 0.3 is 0 Å². The lowest BCUT2D eigenvalue weighted by atomic mass is 9.75. The molecule has 0 aromatic heterocycles. The maximum Gasteiger partial charge on any atom is 0.293 e. The Morgan fingerprint density at radius 2 is 2.20 bits per heavy atom. The van der Waals surface area contributed by atoms with Crippen LogP contribution in [-0.4, -0.2) is 11.0 Å². The van der Waals surface area contributed by atoms with Gasteiger partial charge in [0.05, 0.1) is 9.40 Å². The van der Waals surface area contributed by atoms with E-state index in [1.165, 1.54) is 12.1 Å². The van der Waals surface area contributed by atoms with Crippen LogP contribution in [0.2, 0.25) is 0 Å². The fourth-order valence-corrected chi connectivity index (χ4v) is 3.18. The first-order chi connectivity index (χ1) is 9.28. The van der Waals surface area contributed by atoms with E-state index in [9.17, 15) is 14.5 Å². The van der Waals surface area contributed by atoms with Crippen molar-refractivity contribution < 1.29 is 9.31 Å². The van der Waals surface area contributed by atoms with Gasteiger partial charge < -0.3 is 5.32 Å². The highest BCUT2D eigenvalue weighted by atomic mass is 79.9. The summed E-state index contributed by atoms with van der Waals surface area (Å²) in [4.78, 5) is 10.6. The maximum atomic E-state index is 13.6. The molecule has 0 saturated heterocycles. The van der Waals surface area contributed by atoms with Crippen molar-refractivity contribution in [3.05, 3.63) is 32.5 Å². The van der Waals surface area contributed by atoms with Crippen molar-refractivity contribution in [2.24, 2.45) is 5.41 Å². The van der Waals surface area contributed by atoms with E-state index in [-0.39, 0.29) is 27.3 Å². The lowest BCUT2D eigenvalue weighted by molar-refractivity contribution is -0.384. The second-order valence-corrected chi connectivity index (χ2v) is 7.00. The van der Waals surface area contributed by atoms with Crippen LogP contribution in [0, 0.1) is 21.3 Å². The number of halogens is 2. The predicted octanol–water partition coefficient (Wildman–Crippen LogP) is 4.88. The minimum Gasteiger partial charge on any atom is -0.377 e. The zero-order chi connectivity index (χ0) is 14.9. The van der Waals surface area contributed by atoms with Crippen molar-refractivity contribution in [3.63, 3.8) is 0 Å². The van der Waals surface area contributed by atoms with Crippen LogP contribution in [-0.2, 0) is 0 Å². The van der Waals surface area contributed by atoms with Crippen LogP contribution in [0.1, 0.15) is 39.5 Å². The number of rotatable bonds is 3. The molecule has 6 heteroatoms. The van der Waals surface area contributed by atoms with Gasteiger partial charge in [0, 0.05) is 18.2 Å². The molecule has 1 aliphatic carbocycles. The number of benzene rings is 1. The van der Waals surface area contributed by atoms with E-state index >= 15 is 0 Å². The molecule has 0 amide bonds. The summed E-state index contributed by atoms with van der Waals surface area (Å²) < 4.78 is 13.7. The molecule has 1 N–H and O–H groups in total. The Morgan fingerprint density at radius 3 is 2.80 bits per heavy atom. The second kappa shape index (κ2) is 5.68. The summed E-state index contributed by atoms with van der Waals surface area (Å²) in [6.07, 6.45) is 4.12. The Labute approximate surface area is 126 Å². The average molecular weight is 345 g/mol. The first-order valence-corrected chi connectivity index (χ1v) is 7.48. The van der Waals surface area contributed by atoms with Crippen LogP contribution < -0.4 is 5.32 Å². The number of anilines is 1. The first-order valence-electron chi connectivity index (χ1n) is 6.68. The van der Waals surface area contributed by atoms with Gasteiger partial charge in [-0.05, 0) is 40.6 Å². The van der Waals surface area contributed by atoms with Crippen LogP contribution in [0.15, 0.2) is 16.6 Å². The lowest BCUT2D eigenvalue weighted by Crippen LogP contribution is -2.32. The lowest BCUT2D eigenvalue weighted by Gasteiger charge is -2.35. The summed E-state index contributed by atoms with van der Waals surface area (Å²) in [7, 11) is 0.